The van der Waals surface area contributed by atoms with E-state index < -0.39 is 0 Å². The number of para-hydroxylation sites is 1. The average Bonchev–Trinajstić information content (AvgIpc) is 3.45. The van der Waals surface area contributed by atoms with Gasteiger partial charge in [0.1, 0.15) is 22.7 Å². The molecule has 0 aliphatic rings. The molecule has 3 aromatic heterocycles. The number of nitrogens with one attached hydrogen (secondary N) is 1. The first-order valence-electron chi connectivity index (χ1n) is 11.7. The smallest absolute Gasteiger partial charge is 0.294 e. The van der Waals surface area contributed by atoms with Gasteiger partial charge in [-0.3, -0.25) is 9.36 Å². The molecule has 0 bridgehead atoms. The van der Waals surface area contributed by atoms with E-state index in [1.54, 1.807) is 0 Å². The zero-order valence-electron chi connectivity index (χ0n) is 19.9. The van der Waals surface area contributed by atoms with Gasteiger partial charge in [-0.2, -0.15) is 0 Å². The lowest BCUT2D eigenvalue weighted by Gasteiger charge is -2.13. The first-order valence-corrected chi connectivity index (χ1v) is 12.6. The molecule has 0 fully saturated rings. The third kappa shape index (κ3) is 4.09. The van der Waals surface area contributed by atoms with Crippen molar-refractivity contribution in [2.75, 3.05) is 0 Å². The SMILES string of the molecule is Cc1ccc(-n2c(Cc3ccccc3)nnc2SCc2nc3c(oc4ccccc43)c(=O)[nH]2)c(C)c1. The lowest BCUT2D eigenvalue weighted by Crippen LogP contribution is -2.10. The molecule has 8 heteroatoms. The highest BCUT2D eigenvalue weighted by atomic mass is 32.2. The quantitative estimate of drug-likeness (QED) is 0.297. The molecule has 3 aromatic carbocycles. The van der Waals surface area contributed by atoms with Gasteiger partial charge in [0, 0.05) is 11.8 Å². The summed E-state index contributed by atoms with van der Waals surface area (Å²) in [6.45, 7) is 4.18. The van der Waals surface area contributed by atoms with Crippen LogP contribution in [0.1, 0.15) is 28.3 Å². The van der Waals surface area contributed by atoms with Crippen molar-refractivity contribution in [3.8, 4) is 5.69 Å². The molecule has 0 spiro atoms. The zero-order valence-corrected chi connectivity index (χ0v) is 20.7. The number of fused-ring (bicyclic) bond motifs is 3. The molecule has 0 saturated carbocycles. The minimum absolute atomic E-state index is 0.244. The predicted octanol–water partition coefficient (Wildman–Crippen LogP) is 5.75. The van der Waals surface area contributed by atoms with Crippen LogP contribution in [0.4, 0.5) is 0 Å². The average molecular weight is 494 g/mol. The molecule has 178 valence electrons. The maximum absolute atomic E-state index is 12.7. The second kappa shape index (κ2) is 9.13. The van der Waals surface area contributed by atoms with E-state index in [1.807, 2.05) is 42.5 Å². The Morgan fingerprint density at radius 2 is 1.78 bits per heavy atom. The largest absolute Gasteiger partial charge is 0.449 e. The standard InChI is InChI=1S/C28H23N5O2S/c1-17-12-13-21(18(2)14-17)33-24(15-19-8-4-3-5-9-19)31-32-28(33)36-16-23-29-25-20-10-6-7-11-22(20)35-26(25)27(34)30-23/h3-14H,15-16H2,1-2H3,(H,29,30,34). The fourth-order valence-corrected chi connectivity index (χ4v) is 5.27. The molecule has 0 unspecified atom stereocenters. The third-order valence-corrected chi connectivity index (χ3v) is 7.06. The zero-order chi connectivity index (χ0) is 24.6. The summed E-state index contributed by atoms with van der Waals surface area (Å²) >= 11 is 1.49. The van der Waals surface area contributed by atoms with Crippen LogP contribution in [0.2, 0.25) is 0 Å². The topological polar surface area (TPSA) is 89.6 Å². The molecule has 6 rings (SSSR count). The Labute approximate surface area is 211 Å². The Balaban J connectivity index is 1.38. The first kappa shape index (κ1) is 22.3. The summed E-state index contributed by atoms with van der Waals surface area (Å²) in [5, 5.41) is 10.6. The number of aromatic amines is 1. The summed E-state index contributed by atoms with van der Waals surface area (Å²) < 4.78 is 7.83. The number of aryl methyl sites for hydroxylation is 2. The highest BCUT2D eigenvalue weighted by Gasteiger charge is 2.18. The van der Waals surface area contributed by atoms with Crippen LogP contribution in [0.15, 0.2) is 87.2 Å². The summed E-state index contributed by atoms with van der Waals surface area (Å²) in [5.74, 6) is 1.84. The molecule has 3 heterocycles. The Morgan fingerprint density at radius 3 is 2.61 bits per heavy atom. The molecule has 0 radical (unpaired) electrons. The second-order valence-electron chi connectivity index (χ2n) is 8.76. The minimum Gasteiger partial charge on any atom is -0.449 e. The van der Waals surface area contributed by atoms with Gasteiger partial charge in [0.15, 0.2) is 5.16 Å². The van der Waals surface area contributed by atoms with Gasteiger partial charge < -0.3 is 9.40 Å². The molecule has 0 saturated heterocycles. The van der Waals surface area contributed by atoms with Gasteiger partial charge in [0.2, 0.25) is 5.58 Å². The fourth-order valence-electron chi connectivity index (χ4n) is 4.43. The maximum atomic E-state index is 12.7. The van der Waals surface area contributed by atoms with E-state index in [9.17, 15) is 4.79 Å². The van der Waals surface area contributed by atoms with Gasteiger partial charge in [0.05, 0.1) is 11.4 Å². The highest BCUT2D eigenvalue weighted by molar-refractivity contribution is 7.98. The summed E-state index contributed by atoms with van der Waals surface area (Å²) in [5.41, 5.74) is 5.73. The Bertz CT molecular complexity index is 1770. The number of hydrogen-bond acceptors (Lipinski definition) is 6. The van der Waals surface area contributed by atoms with Gasteiger partial charge in [-0.25, -0.2) is 4.98 Å². The predicted molar refractivity (Wildman–Crippen MR) is 142 cm³/mol. The van der Waals surface area contributed by atoms with Crippen molar-refractivity contribution in [3.05, 3.63) is 111 Å². The molecule has 36 heavy (non-hydrogen) atoms. The van der Waals surface area contributed by atoms with Crippen molar-refractivity contribution in [1.82, 2.24) is 24.7 Å². The highest BCUT2D eigenvalue weighted by Crippen LogP contribution is 2.29. The van der Waals surface area contributed by atoms with Crippen molar-refractivity contribution in [2.24, 2.45) is 0 Å². The molecule has 6 aromatic rings. The van der Waals surface area contributed by atoms with E-state index in [1.165, 1.54) is 17.3 Å². The number of thioether (sulfide) groups is 1. The van der Waals surface area contributed by atoms with Crippen LogP contribution in [-0.4, -0.2) is 24.7 Å². The van der Waals surface area contributed by atoms with Gasteiger partial charge in [-0.1, -0.05) is 71.9 Å². The number of H-pyrrole nitrogens is 1. The number of hydrogen-bond donors (Lipinski definition) is 1. The number of aromatic nitrogens is 5. The first-order chi connectivity index (χ1) is 17.6. The Hall–Kier alpha value is -4.17. The van der Waals surface area contributed by atoms with E-state index in [0.29, 0.717) is 29.1 Å². The third-order valence-electron chi connectivity index (χ3n) is 6.12. The molecule has 0 amide bonds. The van der Waals surface area contributed by atoms with Crippen LogP contribution in [0, 0.1) is 13.8 Å². The molecule has 0 aliphatic carbocycles. The van der Waals surface area contributed by atoms with Crippen LogP contribution >= 0.6 is 11.8 Å². The number of benzene rings is 3. The number of rotatable bonds is 6. The summed E-state index contributed by atoms with van der Waals surface area (Å²) in [6.07, 6.45) is 0.657. The van der Waals surface area contributed by atoms with Crippen molar-refractivity contribution < 1.29 is 4.42 Å². The number of nitrogens with zero attached hydrogens (tertiary/aromatic N) is 4. The van der Waals surface area contributed by atoms with Gasteiger partial charge in [-0.05, 0) is 43.2 Å². The van der Waals surface area contributed by atoms with Crippen LogP contribution in [0.25, 0.3) is 27.8 Å². The summed E-state index contributed by atoms with van der Waals surface area (Å²) in [6, 6.07) is 24.2. The normalized spacial score (nSPS) is 11.5. The maximum Gasteiger partial charge on any atom is 0.294 e. The number of furan rings is 1. The van der Waals surface area contributed by atoms with E-state index >= 15 is 0 Å². The lowest BCUT2D eigenvalue weighted by molar-refractivity contribution is 0.660. The molecule has 1 N–H and O–H groups in total. The molecular weight excluding hydrogens is 470 g/mol. The van der Waals surface area contributed by atoms with Gasteiger partial charge >= 0.3 is 0 Å². The summed E-state index contributed by atoms with van der Waals surface area (Å²) in [4.78, 5) is 20.3. The second-order valence-corrected chi connectivity index (χ2v) is 9.71. The Kier molecular flexibility index (Phi) is 5.65. The van der Waals surface area contributed by atoms with Crippen molar-refractivity contribution in [3.63, 3.8) is 0 Å². The van der Waals surface area contributed by atoms with E-state index in [0.717, 1.165) is 33.2 Å². The summed E-state index contributed by atoms with van der Waals surface area (Å²) in [7, 11) is 0. The van der Waals surface area contributed by atoms with Gasteiger partial charge in [0.25, 0.3) is 5.56 Å². The monoisotopic (exact) mass is 493 g/mol. The molecular formula is C28H23N5O2S. The van der Waals surface area contributed by atoms with Crippen molar-refractivity contribution in [2.45, 2.75) is 31.2 Å². The fraction of sp³-hybridized carbons (Fsp3) is 0.143. The lowest BCUT2D eigenvalue weighted by atomic mass is 10.1. The molecule has 0 aliphatic heterocycles. The van der Waals surface area contributed by atoms with Crippen LogP contribution < -0.4 is 5.56 Å². The van der Waals surface area contributed by atoms with Crippen molar-refractivity contribution >= 4 is 33.8 Å². The van der Waals surface area contributed by atoms with E-state index in [-0.39, 0.29) is 11.1 Å². The molecule has 0 atom stereocenters. The van der Waals surface area contributed by atoms with E-state index in [2.05, 4.69) is 63.9 Å². The molecule has 7 nitrogen and oxygen atoms in total. The van der Waals surface area contributed by atoms with Crippen molar-refractivity contribution in [1.29, 1.82) is 0 Å². The van der Waals surface area contributed by atoms with Gasteiger partial charge in [-0.15, -0.1) is 10.2 Å². The van der Waals surface area contributed by atoms with Crippen LogP contribution in [0.3, 0.4) is 0 Å². The Morgan fingerprint density at radius 1 is 0.972 bits per heavy atom. The van der Waals surface area contributed by atoms with Crippen LogP contribution in [-0.2, 0) is 12.2 Å². The van der Waals surface area contributed by atoms with E-state index in [4.69, 9.17) is 9.40 Å². The van der Waals surface area contributed by atoms with Crippen LogP contribution in [0.5, 0.6) is 0 Å². The minimum atomic E-state index is -0.285.